The Labute approximate surface area is 186 Å². The van der Waals surface area contributed by atoms with Crippen molar-refractivity contribution < 1.29 is 14.1 Å². The van der Waals surface area contributed by atoms with Gasteiger partial charge in [-0.05, 0) is 39.5 Å². The maximum absolute atomic E-state index is 11.6. The largest absolute Gasteiger partial charge is 0.460 e. The zero-order chi connectivity index (χ0) is 20.3. The second-order valence-electron chi connectivity index (χ2n) is 7.98. The predicted molar refractivity (Wildman–Crippen MR) is 123 cm³/mol. The van der Waals surface area contributed by atoms with Gasteiger partial charge in [-0.25, -0.2) is 0 Å². The number of esters is 1. The molecule has 28 heavy (non-hydrogen) atoms. The number of halogens is 1. The number of nitrogens with zero attached hydrogens (tertiary/aromatic N) is 2. The van der Waals surface area contributed by atoms with E-state index in [-0.39, 0.29) is 29.9 Å². The van der Waals surface area contributed by atoms with E-state index in [1.165, 1.54) is 0 Å². The molecular weight excluding hydrogens is 471 g/mol. The first kappa shape index (κ1) is 26.7. The van der Waals surface area contributed by atoms with Gasteiger partial charge in [0.25, 0.3) is 0 Å². The molecule has 0 spiro atoms. The van der Waals surface area contributed by atoms with Gasteiger partial charge in [0.05, 0.1) is 12.2 Å². The number of nitrogens with one attached hydrogen (secondary N) is 2. The maximum atomic E-state index is 11.6. The number of carbonyl (C=O) groups is 1. The summed E-state index contributed by atoms with van der Waals surface area (Å²) in [5.41, 5.74) is 0.563. The second-order valence-corrected chi connectivity index (χ2v) is 7.98. The Bertz CT molecular complexity index is 595. The average Bonchev–Trinajstić information content (AvgIpc) is 3.04. The molecule has 2 N–H and O–H groups in total. The van der Waals surface area contributed by atoms with Crippen LogP contribution in [0.4, 0.5) is 0 Å². The Hall–Kier alpha value is -1.32. The van der Waals surface area contributed by atoms with Gasteiger partial charge >= 0.3 is 5.97 Å². The van der Waals surface area contributed by atoms with E-state index in [1.807, 2.05) is 26.8 Å². The number of unbranched alkanes of at least 4 members (excludes halogenated alkanes) is 3. The number of ether oxygens (including phenoxy) is 1. The van der Waals surface area contributed by atoms with Crippen LogP contribution < -0.4 is 10.6 Å². The molecule has 0 amide bonds. The molecule has 0 fully saturated rings. The highest BCUT2D eigenvalue weighted by Gasteiger charge is 2.15. The molecule has 0 aliphatic carbocycles. The lowest BCUT2D eigenvalue weighted by Gasteiger charge is -2.19. The molecule has 0 bridgehead atoms. The summed E-state index contributed by atoms with van der Waals surface area (Å²) >= 11 is 0. The molecule has 8 heteroatoms. The molecule has 0 aliphatic heterocycles. The monoisotopic (exact) mass is 508 g/mol. The molecule has 162 valence electrons. The molecule has 7 nitrogen and oxygen atoms in total. The van der Waals surface area contributed by atoms with E-state index >= 15 is 0 Å². The highest BCUT2D eigenvalue weighted by Crippen LogP contribution is 2.13. The molecule has 1 heterocycles. The van der Waals surface area contributed by atoms with E-state index < -0.39 is 5.60 Å². The zero-order valence-corrected chi connectivity index (χ0v) is 20.5. The summed E-state index contributed by atoms with van der Waals surface area (Å²) in [6.07, 6.45) is 4.46. The molecule has 0 aliphatic rings. The summed E-state index contributed by atoms with van der Waals surface area (Å²) in [5, 5.41) is 10.6. The molecule has 0 saturated carbocycles. The van der Waals surface area contributed by atoms with Crippen LogP contribution in [0.2, 0.25) is 0 Å². The third kappa shape index (κ3) is 12.2. The summed E-state index contributed by atoms with van der Waals surface area (Å²) in [4.78, 5) is 15.8. The number of aliphatic imine (C=N–C) groups is 1. The SMILES string of the molecule is CN=C(NCCCCCCC(=O)OC(C)(C)C)NCc1cc(C(C)C)no1.I. The van der Waals surface area contributed by atoms with Crippen molar-refractivity contribution in [3.05, 3.63) is 17.5 Å². The third-order valence-corrected chi connectivity index (χ3v) is 3.84. The summed E-state index contributed by atoms with van der Waals surface area (Å²) in [5.74, 6) is 1.78. The van der Waals surface area contributed by atoms with E-state index in [4.69, 9.17) is 9.26 Å². The zero-order valence-electron chi connectivity index (χ0n) is 18.1. The molecule has 1 aromatic rings. The topological polar surface area (TPSA) is 88.8 Å². The number of hydrogen-bond donors (Lipinski definition) is 2. The fraction of sp³-hybridized carbons (Fsp3) is 0.750. The third-order valence-electron chi connectivity index (χ3n) is 3.84. The molecular formula is C20H37IN4O3. The van der Waals surface area contributed by atoms with Gasteiger partial charge in [-0.3, -0.25) is 9.79 Å². The van der Waals surface area contributed by atoms with Crippen LogP contribution in [0.3, 0.4) is 0 Å². The number of hydrogen-bond acceptors (Lipinski definition) is 5. The van der Waals surface area contributed by atoms with Crippen LogP contribution in [0.25, 0.3) is 0 Å². The van der Waals surface area contributed by atoms with E-state index in [1.54, 1.807) is 7.05 Å². The van der Waals surface area contributed by atoms with Crippen LogP contribution in [0.1, 0.15) is 84.1 Å². The number of rotatable bonds is 10. The number of guanidine groups is 1. The van der Waals surface area contributed by atoms with Crippen molar-refractivity contribution in [2.45, 2.75) is 84.8 Å². The summed E-state index contributed by atoms with van der Waals surface area (Å²) in [7, 11) is 1.75. The van der Waals surface area contributed by atoms with Gasteiger partial charge in [0.2, 0.25) is 0 Å². The number of aromatic nitrogens is 1. The minimum absolute atomic E-state index is 0. The first-order chi connectivity index (χ1) is 12.7. The van der Waals surface area contributed by atoms with E-state index in [0.29, 0.717) is 18.9 Å². The van der Waals surface area contributed by atoms with Crippen LogP contribution >= 0.6 is 24.0 Å². The van der Waals surface area contributed by atoms with Crippen LogP contribution in [-0.4, -0.2) is 36.3 Å². The van der Waals surface area contributed by atoms with Crippen molar-refractivity contribution in [1.82, 2.24) is 15.8 Å². The number of carbonyl (C=O) groups excluding carboxylic acids is 1. The molecule has 0 atom stereocenters. The van der Waals surface area contributed by atoms with Crippen molar-refractivity contribution >= 4 is 35.9 Å². The first-order valence-electron chi connectivity index (χ1n) is 9.83. The minimum atomic E-state index is -0.397. The van der Waals surface area contributed by atoms with E-state index in [2.05, 4.69) is 34.6 Å². The van der Waals surface area contributed by atoms with Gasteiger partial charge in [-0.15, -0.1) is 24.0 Å². The van der Waals surface area contributed by atoms with Gasteiger partial charge in [0.15, 0.2) is 11.7 Å². The normalized spacial score (nSPS) is 11.9. The van der Waals surface area contributed by atoms with E-state index in [0.717, 1.165) is 49.6 Å². The molecule has 0 saturated heterocycles. The van der Waals surface area contributed by atoms with Gasteiger partial charge < -0.3 is 19.9 Å². The smallest absolute Gasteiger partial charge is 0.306 e. The van der Waals surface area contributed by atoms with Crippen LogP contribution in [0.5, 0.6) is 0 Å². The Balaban J connectivity index is 0.00000729. The van der Waals surface area contributed by atoms with Crippen molar-refractivity contribution in [2.24, 2.45) is 4.99 Å². The van der Waals surface area contributed by atoms with Gasteiger partial charge in [-0.2, -0.15) is 0 Å². The fourth-order valence-electron chi connectivity index (χ4n) is 2.42. The van der Waals surface area contributed by atoms with Crippen LogP contribution in [-0.2, 0) is 16.1 Å². The average molecular weight is 508 g/mol. The summed E-state index contributed by atoms with van der Waals surface area (Å²) in [6.45, 7) is 11.2. The van der Waals surface area contributed by atoms with Gasteiger partial charge in [-0.1, -0.05) is 31.8 Å². The highest BCUT2D eigenvalue weighted by atomic mass is 127. The Morgan fingerprint density at radius 2 is 1.89 bits per heavy atom. The van der Waals surface area contributed by atoms with Crippen LogP contribution in [0.15, 0.2) is 15.6 Å². The Kier molecular flexibility index (Phi) is 13.1. The predicted octanol–water partition coefficient (Wildman–Crippen LogP) is 4.37. The molecule has 0 aromatic carbocycles. The Morgan fingerprint density at radius 3 is 2.46 bits per heavy atom. The van der Waals surface area contributed by atoms with Crippen molar-refractivity contribution in [3.8, 4) is 0 Å². The summed E-state index contributed by atoms with van der Waals surface area (Å²) < 4.78 is 10.6. The maximum Gasteiger partial charge on any atom is 0.306 e. The van der Waals surface area contributed by atoms with Crippen molar-refractivity contribution in [1.29, 1.82) is 0 Å². The van der Waals surface area contributed by atoms with Crippen molar-refractivity contribution in [2.75, 3.05) is 13.6 Å². The molecule has 1 aromatic heterocycles. The van der Waals surface area contributed by atoms with E-state index in [9.17, 15) is 4.79 Å². The quantitative estimate of drug-likeness (QED) is 0.160. The summed E-state index contributed by atoms with van der Waals surface area (Å²) in [6, 6.07) is 1.97. The lowest BCUT2D eigenvalue weighted by atomic mass is 10.1. The molecule has 0 radical (unpaired) electrons. The van der Waals surface area contributed by atoms with Crippen LogP contribution in [0, 0.1) is 0 Å². The lowest BCUT2D eigenvalue weighted by Crippen LogP contribution is -2.37. The minimum Gasteiger partial charge on any atom is -0.460 e. The molecule has 1 rings (SSSR count). The molecule has 0 unspecified atom stereocenters. The first-order valence-corrected chi connectivity index (χ1v) is 9.83. The fourth-order valence-corrected chi connectivity index (χ4v) is 2.42. The second kappa shape index (κ2) is 13.8. The lowest BCUT2D eigenvalue weighted by molar-refractivity contribution is -0.154. The Morgan fingerprint density at radius 1 is 1.21 bits per heavy atom. The standard InChI is InChI=1S/C20H36N4O3.HI/c1-15(2)17-13-16(27-24-17)14-23-19(21-6)22-12-10-8-7-9-11-18(25)26-20(3,4)5;/h13,15H,7-12,14H2,1-6H3,(H2,21,22,23);1H. The highest BCUT2D eigenvalue weighted by molar-refractivity contribution is 14.0. The van der Waals surface area contributed by atoms with Gasteiger partial charge in [0.1, 0.15) is 5.60 Å². The van der Waals surface area contributed by atoms with Crippen molar-refractivity contribution in [3.63, 3.8) is 0 Å². The van der Waals surface area contributed by atoms with Gasteiger partial charge in [0, 0.05) is 26.1 Å².